The summed E-state index contributed by atoms with van der Waals surface area (Å²) in [6.45, 7) is 3.88. The topological polar surface area (TPSA) is 101 Å². The van der Waals surface area contributed by atoms with Gasteiger partial charge >= 0.3 is 0 Å². The molecule has 0 fully saturated rings. The van der Waals surface area contributed by atoms with Gasteiger partial charge in [0.05, 0.1) is 18.2 Å². The molecule has 7 heteroatoms. The minimum absolute atomic E-state index is 0.143. The zero-order valence-corrected chi connectivity index (χ0v) is 12.4. The van der Waals surface area contributed by atoms with Crippen molar-refractivity contribution in [2.75, 3.05) is 17.3 Å². The first-order chi connectivity index (χ1) is 9.72. The number of anilines is 2. The van der Waals surface area contributed by atoms with Crippen molar-refractivity contribution in [3.8, 4) is 0 Å². The van der Waals surface area contributed by atoms with E-state index in [4.69, 9.17) is 11.5 Å². The van der Waals surface area contributed by atoms with Crippen LogP contribution in [0.5, 0.6) is 0 Å². The van der Waals surface area contributed by atoms with Crippen LogP contribution in [0.4, 0.5) is 15.8 Å². The predicted octanol–water partition coefficient (Wildman–Crippen LogP) is 0.812. The van der Waals surface area contributed by atoms with Crippen molar-refractivity contribution < 1.29 is 14.0 Å². The number of carbonyl (C=O) groups excluding carboxylic acids is 2. The fraction of sp³-hybridized carbons (Fsp3) is 0.429. The molecule has 1 aromatic carbocycles. The molecule has 21 heavy (non-hydrogen) atoms. The number of hydrogen-bond donors (Lipinski definition) is 3. The van der Waals surface area contributed by atoms with Crippen molar-refractivity contribution in [1.29, 1.82) is 0 Å². The fourth-order valence-corrected chi connectivity index (χ4v) is 1.69. The van der Waals surface area contributed by atoms with Crippen molar-refractivity contribution in [1.82, 2.24) is 0 Å². The summed E-state index contributed by atoms with van der Waals surface area (Å²) < 4.78 is 14.0. The van der Waals surface area contributed by atoms with E-state index in [0.29, 0.717) is 5.69 Å². The van der Waals surface area contributed by atoms with Gasteiger partial charge in [0.15, 0.2) is 0 Å². The lowest BCUT2D eigenvalue weighted by atomic mass is 10.2. The van der Waals surface area contributed by atoms with Gasteiger partial charge in [-0.1, -0.05) is 0 Å². The summed E-state index contributed by atoms with van der Waals surface area (Å²) in [7, 11) is 1.78. The molecule has 0 saturated carbocycles. The first-order valence-corrected chi connectivity index (χ1v) is 6.59. The molecular formula is C14H21FN4O2. The van der Waals surface area contributed by atoms with Gasteiger partial charge in [-0.3, -0.25) is 9.59 Å². The van der Waals surface area contributed by atoms with Gasteiger partial charge in [0.2, 0.25) is 11.8 Å². The van der Waals surface area contributed by atoms with Gasteiger partial charge in [-0.15, -0.1) is 0 Å². The summed E-state index contributed by atoms with van der Waals surface area (Å²) in [5, 5.41) is 2.45. The molecule has 0 bridgehead atoms. The van der Waals surface area contributed by atoms with Gasteiger partial charge in [0.1, 0.15) is 5.82 Å². The van der Waals surface area contributed by atoms with Gasteiger partial charge in [0, 0.05) is 18.8 Å². The average molecular weight is 296 g/mol. The number of nitrogens with zero attached hydrogens (tertiary/aromatic N) is 1. The quantitative estimate of drug-likeness (QED) is 0.723. The van der Waals surface area contributed by atoms with Gasteiger partial charge in [-0.05, 0) is 32.0 Å². The Labute approximate surface area is 123 Å². The Morgan fingerprint density at radius 2 is 2.00 bits per heavy atom. The van der Waals surface area contributed by atoms with Crippen LogP contribution in [0.15, 0.2) is 18.2 Å². The monoisotopic (exact) mass is 296 g/mol. The molecule has 0 heterocycles. The number of halogens is 1. The predicted molar refractivity (Wildman–Crippen MR) is 80.4 cm³/mol. The standard InChI is InChI=1S/C14H21FN4O2/c1-8(2)19(3)12-5-4-9(6-10(12)15)18-14(21)11(16)7-13(17)20/h4-6,8,11H,7,16H2,1-3H3,(H2,17,20)(H,18,21). The molecule has 1 rings (SSSR count). The number of primary amides is 1. The molecule has 0 aliphatic rings. The molecule has 0 aliphatic carbocycles. The van der Waals surface area contributed by atoms with E-state index >= 15 is 0 Å². The second-order valence-corrected chi connectivity index (χ2v) is 5.14. The van der Waals surface area contributed by atoms with E-state index in [-0.39, 0.29) is 18.2 Å². The third-order valence-electron chi connectivity index (χ3n) is 3.13. The smallest absolute Gasteiger partial charge is 0.241 e. The van der Waals surface area contributed by atoms with Crippen LogP contribution in [0.3, 0.4) is 0 Å². The van der Waals surface area contributed by atoms with Crippen LogP contribution in [0.2, 0.25) is 0 Å². The van der Waals surface area contributed by atoms with E-state index in [0.717, 1.165) is 0 Å². The van der Waals surface area contributed by atoms with Crippen molar-refractivity contribution in [3.63, 3.8) is 0 Å². The van der Waals surface area contributed by atoms with Crippen molar-refractivity contribution in [2.24, 2.45) is 11.5 Å². The molecule has 0 aliphatic heterocycles. The van der Waals surface area contributed by atoms with Crippen molar-refractivity contribution in [2.45, 2.75) is 32.4 Å². The molecule has 0 spiro atoms. The minimum atomic E-state index is -1.05. The molecule has 1 aromatic rings. The number of carbonyl (C=O) groups is 2. The van der Waals surface area contributed by atoms with Gasteiger partial charge in [0.25, 0.3) is 0 Å². The second kappa shape index (κ2) is 7.03. The Hall–Kier alpha value is -2.15. The van der Waals surface area contributed by atoms with Crippen LogP contribution in [-0.2, 0) is 9.59 Å². The van der Waals surface area contributed by atoms with Crippen molar-refractivity contribution in [3.05, 3.63) is 24.0 Å². The molecule has 0 saturated heterocycles. The Kier molecular flexibility index (Phi) is 5.66. The van der Waals surface area contributed by atoms with Gasteiger partial charge in [-0.25, -0.2) is 4.39 Å². The van der Waals surface area contributed by atoms with E-state index in [9.17, 15) is 14.0 Å². The van der Waals surface area contributed by atoms with Crippen LogP contribution in [0, 0.1) is 5.82 Å². The highest BCUT2D eigenvalue weighted by Gasteiger charge is 2.17. The molecule has 1 atom stereocenters. The largest absolute Gasteiger partial charge is 0.370 e. The number of benzene rings is 1. The molecule has 1 unspecified atom stereocenters. The van der Waals surface area contributed by atoms with E-state index in [2.05, 4.69) is 5.32 Å². The number of hydrogen-bond acceptors (Lipinski definition) is 4. The second-order valence-electron chi connectivity index (χ2n) is 5.14. The lowest BCUT2D eigenvalue weighted by Gasteiger charge is -2.24. The average Bonchev–Trinajstić information content (AvgIpc) is 2.37. The lowest BCUT2D eigenvalue weighted by molar-refractivity contribution is -0.123. The first kappa shape index (κ1) is 16.9. The number of nitrogens with two attached hydrogens (primary N) is 2. The third kappa shape index (κ3) is 4.71. The number of amides is 2. The summed E-state index contributed by atoms with van der Waals surface area (Å²) >= 11 is 0. The highest BCUT2D eigenvalue weighted by Crippen LogP contribution is 2.23. The van der Waals surface area contributed by atoms with Crippen LogP contribution < -0.4 is 21.7 Å². The van der Waals surface area contributed by atoms with Crippen molar-refractivity contribution >= 4 is 23.2 Å². The van der Waals surface area contributed by atoms with E-state index in [1.165, 1.54) is 6.07 Å². The van der Waals surface area contributed by atoms with E-state index in [1.807, 2.05) is 13.8 Å². The van der Waals surface area contributed by atoms with Gasteiger partial charge < -0.3 is 21.7 Å². The van der Waals surface area contributed by atoms with Crippen LogP contribution >= 0.6 is 0 Å². The van der Waals surface area contributed by atoms with Crippen LogP contribution in [0.25, 0.3) is 0 Å². The molecule has 2 amide bonds. The Morgan fingerprint density at radius 3 is 2.48 bits per heavy atom. The molecule has 5 N–H and O–H groups in total. The fourth-order valence-electron chi connectivity index (χ4n) is 1.69. The number of nitrogens with one attached hydrogen (secondary N) is 1. The molecule has 0 radical (unpaired) electrons. The summed E-state index contributed by atoms with van der Waals surface area (Å²) in [6, 6.07) is 3.45. The Balaban J connectivity index is 2.80. The maximum atomic E-state index is 14.0. The summed E-state index contributed by atoms with van der Waals surface area (Å²) in [6.07, 6.45) is -0.261. The first-order valence-electron chi connectivity index (χ1n) is 6.59. The van der Waals surface area contributed by atoms with Crippen LogP contribution in [0.1, 0.15) is 20.3 Å². The normalized spacial score (nSPS) is 12.1. The highest BCUT2D eigenvalue weighted by molar-refractivity contribution is 5.97. The zero-order valence-electron chi connectivity index (χ0n) is 12.4. The maximum Gasteiger partial charge on any atom is 0.241 e. The molecular weight excluding hydrogens is 275 g/mol. The third-order valence-corrected chi connectivity index (χ3v) is 3.13. The summed E-state index contributed by atoms with van der Waals surface area (Å²) in [5.74, 6) is -1.71. The highest BCUT2D eigenvalue weighted by atomic mass is 19.1. The molecule has 0 aromatic heterocycles. The maximum absolute atomic E-state index is 14.0. The summed E-state index contributed by atoms with van der Waals surface area (Å²) in [4.78, 5) is 24.2. The molecule has 6 nitrogen and oxygen atoms in total. The zero-order chi connectivity index (χ0) is 16.2. The number of rotatable bonds is 6. The van der Waals surface area contributed by atoms with Gasteiger partial charge in [-0.2, -0.15) is 0 Å². The Bertz CT molecular complexity index is 534. The van der Waals surface area contributed by atoms with E-state index in [1.54, 1.807) is 24.1 Å². The SMILES string of the molecule is CC(C)N(C)c1ccc(NC(=O)C(N)CC(N)=O)cc1F. The van der Waals surface area contributed by atoms with Crippen LogP contribution in [-0.4, -0.2) is 30.9 Å². The summed E-state index contributed by atoms with van der Waals surface area (Å²) in [5.41, 5.74) is 11.2. The van der Waals surface area contributed by atoms with E-state index < -0.39 is 23.7 Å². The molecule has 116 valence electrons. The minimum Gasteiger partial charge on any atom is -0.370 e. The lowest BCUT2D eigenvalue weighted by Crippen LogP contribution is -2.39. The Morgan fingerprint density at radius 1 is 1.38 bits per heavy atom.